The number of fused-ring (bicyclic) bond motifs is 6. The topological polar surface area (TPSA) is 6.48 Å². The zero-order valence-electron chi connectivity index (χ0n) is 28.0. The van der Waals surface area contributed by atoms with Crippen LogP contribution in [0.4, 0.5) is 38.5 Å². The van der Waals surface area contributed by atoms with Crippen LogP contribution in [0, 0.1) is 5.82 Å². The molecule has 0 fully saturated rings. The predicted octanol–water partition coefficient (Wildman–Crippen LogP) is 13.4. The van der Waals surface area contributed by atoms with E-state index in [4.69, 9.17) is 0 Å². The summed E-state index contributed by atoms with van der Waals surface area (Å²) in [4.78, 5) is 4.45. The van der Waals surface area contributed by atoms with Crippen LogP contribution in [-0.4, -0.2) is 0 Å². The van der Waals surface area contributed by atoms with E-state index in [-0.39, 0.29) is 11.2 Å². The van der Waals surface area contributed by atoms with Gasteiger partial charge in [-0.15, -0.1) is 0 Å². The van der Waals surface area contributed by atoms with E-state index in [0.29, 0.717) is 5.69 Å². The van der Waals surface area contributed by atoms with E-state index in [2.05, 4.69) is 145 Å². The number of hydrogen-bond donors (Lipinski definition) is 0. The van der Waals surface area contributed by atoms with Crippen molar-refractivity contribution in [2.24, 2.45) is 0 Å². The summed E-state index contributed by atoms with van der Waals surface area (Å²) in [6.07, 6.45) is 0. The molecular weight excluding hydrogens is 612 g/mol. The zero-order valence-corrected chi connectivity index (χ0v) is 28.0. The van der Waals surface area contributed by atoms with Gasteiger partial charge in [0.1, 0.15) is 5.82 Å². The first-order chi connectivity index (χ1) is 24.5. The molecule has 1 aliphatic rings. The SMILES string of the molecule is CC1(C)c2cc(N(c3ccccc3)c3cccc4ccccc34)ccc2-c2c1cc(N(c1ccccc1)c1ccccc1F)c1ccccc21. The van der Waals surface area contributed by atoms with Crippen molar-refractivity contribution in [1.82, 2.24) is 0 Å². The lowest BCUT2D eigenvalue weighted by molar-refractivity contribution is 0.629. The molecule has 0 saturated carbocycles. The van der Waals surface area contributed by atoms with Crippen molar-refractivity contribution in [3.05, 3.63) is 193 Å². The lowest BCUT2D eigenvalue weighted by Gasteiger charge is -2.30. The molecule has 0 heterocycles. The maximum Gasteiger partial charge on any atom is 0.147 e. The first-order valence-corrected chi connectivity index (χ1v) is 17.1. The summed E-state index contributed by atoms with van der Waals surface area (Å²) in [6.45, 7) is 4.64. The van der Waals surface area contributed by atoms with Crippen LogP contribution in [0.5, 0.6) is 0 Å². The Morgan fingerprint density at radius 3 is 1.74 bits per heavy atom. The van der Waals surface area contributed by atoms with Gasteiger partial charge in [0.25, 0.3) is 0 Å². The second-order valence-electron chi connectivity index (χ2n) is 13.5. The van der Waals surface area contributed by atoms with Gasteiger partial charge in [0.15, 0.2) is 0 Å². The second-order valence-corrected chi connectivity index (χ2v) is 13.5. The third-order valence-electron chi connectivity index (χ3n) is 10.3. The molecule has 0 amide bonds. The van der Waals surface area contributed by atoms with Crippen LogP contribution in [0.3, 0.4) is 0 Å². The van der Waals surface area contributed by atoms with E-state index in [1.54, 1.807) is 6.07 Å². The van der Waals surface area contributed by atoms with E-state index in [0.717, 1.165) is 39.2 Å². The molecule has 1 aliphatic carbocycles. The fourth-order valence-corrected chi connectivity index (χ4v) is 7.90. The molecule has 9 rings (SSSR count). The normalized spacial score (nSPS) is 12.9. The fourth-order valence-electron chi connectivity index (χ4n) is 7.90. The van der Waals surface area contributed by atoms with Crippen LogP contribution in [0.25, 0.3) is 32.7 Å². The summed E-state index contributed by atoms with van der Waals surface area (Å²) in [5.74, 6) is -0.262. The minimum absolute atomic E-state index is 0.262. The van der Waals surface area contributed by atoms with Crippen molar-refractivity contribution >= 4 is 55.7 Å². The molecule has 0 bridgehead atoms. The van der Waals surface area contributed by atoms with Gasteiger partial charge in [-0.05, 0) is 93.7 Å². The standard InChI is InChI=1S/C47H35FN2/c1-47(2)40-30-35(49(33-18-5-3-6-19-33)43-27-15-17-32-16-9-10-22-36(32)43)28-29-39(40)46-38-24-12-11-23-37(38)45(31-41(46)47)50(34-20-7-4-8-21-34)44-26-14-13-25-42(44)48/h3-31H,1-2H3. The van der Waals surface area contributed by atoms with E-state index in [9.17, 15) is 0 Å². The molecular formula is C47H35FN2. The average Bonchev–Trinajstić information content (AvgIpc) is 3.39. The summed E-state index contributed by atoms with van der Waals surface area (Å²) >= 11 is 0. The maximum absolute atomic E-state index is 15.7. The van der Waals surface area contributed by atoms with Crippen LogP contribution in [0.15, 0.2) is 176 Å². The van der Waals surface area contributed by atoms with E-state index < -0.39 is 0 Å². The number of rotatable bonds is 6. The van der Waals surface area contributed by atoms with Crippen molar-refractivity contribution in [3.63, 3.8) is 0 Å². The molecule has 8 aromatic carbocycles. The summed E-state index contributed by atoms with van der Waals surface area (Å²) in [6, 6.07) is 60.7. The number of nitrogens with zero attached hydrogens (tertiary/aromatic N) is 2. The minimum atomic E-state index is -0.335. The molecule has 50 heavy (non-hydrogen) atoms. The van der Waals surface area contributed by atoms with Gasteiger partial charge in [0.2, 0.25) is 0 Å². The van der Waals surface area contributed by atoms with E-state index >= 15 is 4.39 Å². The Balaban J connectivity index is 1.27. The molecule has 0 aromatic heterocycles. The van der Waals surface area contributed by atoms with E-state index in [1.807, 2.05) is 42.5 Å². The van der Waals surface area contributed by atoms with Gasteiger partial charge in [0, 0.05) is 33.2 Å². The molecule has 2 nitrogen and oxygen atoms in total. The minimum Gasteiger partial charge on any atom is -0.310 e. The summed E-state index contributed by atoms with van der Waals surface area (Å²) in [5, 5.41) is 4.64. The Morgan fingerprint density at radius 2 is 1.00 bits per heavy atom. The summed E-state index contributed by atoms with van der Waals surface area (Å²) in [7, 11) is 0. The largest absolute Gasteiger partial charge is 0.310 e. The summed E-state index contributed by atoms with van der Waals surface area (Å²) < 4.78 is 15.7. The van der Waals surface area contributed by atoms with Crippen molar-refractivity contribution in [1.29, 1.82) is 0 Å². The molecule has 8 aromatic rings. The Morgan fingerprint density at radius 1 is 0.420 bits per heavy atom. The van der Waals surface area contributed by atoms with Gasteiger partial charge < -0.3 is 9.80 Å². The van der Waals surface area contributed by atoms with Crippen molar-refractivity contribution < 1.29 is 4.39 Å². The Labute approximate surface area is 292 Å². The highest BCUT2D eigenvalue weighted by Crippen LogP contribution is 2.56. The Hall–Kier alpha value is -6.19. The lowest BCUT2D eigenvalue weighted by Crippen LogP contribution is -2.18. The smallest absolute Gasteiger partial charge is 0.147 e. The van der Waals surface area contributed by atoms with Crippen LogP contribution in [0.2, 0.25) is 0 Å². The summed E-state index contributed by atoms with van der Waals surface area (Å²) in [5.41, 5.74) is 10.4. The molecule has 0 aliphatic heterocycles. The second kappa shape index (κ2) is 11.7. The van der Waals surface area contributed by atoms with E-state index in [1.165, 1.54) is 39.1 Å². The average molecular weight is 647 g/mol. The fraction of sp³-hybridized carbons (Fsp3) is 0.0638. The highest BCUT2D eigenvalue weighted by atomic mass is 19.1. The molecule has 240 valence electrons. The quantitative estimate of drug-likeness (QED) is 0.177. The highest BCUT2D eigenvalue weighted by Gasteiger charge is 2.38. The van der Waals surface area contributed by atoms with Crippen LogP contribution in [-0.2, 0) is 5.41 Å². The molecule has 0 radical (unpaired) electrons. The molecule has 3 heteroatoms. The number of benzene rings is 8. The third-order valence-corrected chi connectivity index (χ3v) is 10.3. The van der Waals surface area contributed by atoms with Gasteiger partial charge in [-0.3, -0.25) is 0 Å². The Bertz CT molecular complexity index is 2530. The number of para-hydroxylation sites is 3. The molecule has 0 N–H and O–H groups in total. The van der Waals surface area contributed by atoms with Gasteiger partial charge >= 0.3 is 0 Å². The molecule has 0 saturated heterocycles. The van der Waals surface area contributed by atoms with Gasteiger partial charge in [-0.2, -0.15) is 0 Å². The first-order valence-electron chi connectivity index (χ1n) is 17.1. The van der Waals surface area contributed by atoms with Crippen LogP contribution in [0.1, 0.15) is 25.0 Å². The monoisotopic (exact) mass is 646 g/mol. The van der Waals surface area contributed by atoms with Crippen LogP contribution < -0.4 is 9.80 Å². The van der Waals surface area contributed by atoms with Gasteiger partial charge in [0.05, 0.1) is 17.1 Å². The molecule has 0 unspecified atom stereocenters. The lowest BCUT2D eigenvalue weighted by atomic mass is 9.81. The first kappa shape index (κ1) is 29.9. The van der Waals surface area contributed by atoms with Gasteiger partial charge in [-0.1, -0.05) is 129 Å². The maximum atomic E-state index is 15.7. The zero-order chi connectivity index (χ0) is 33.8. The van der Waals surface area contributed by atoms with Crippen LogP contribution >= 0.6 is 0 Å². The Kier molecular flexibility index (Phi) is 7.03. The van der Waals surface area contributed by atoms with Crippen molar-refractivity contribution in [2.45, 2.75) is 19.3 Å². The number of anilines is 6. The van der Waals surface area contributed by atoms with Crippen molar-refractivity contribution in [3.8, 4) is 11.1 Å². The highest BCUT2D eigenvalue weighted by molar-refractivity contribution is 6.10. The van der Waals surface area contributed by atoms with Gasteiger partial charge in [-0.25, -0.2) is 4.39 Å². The van der Waals surface area contributed by atoms with Crippen molar-refractivity contribution in [2.75, 3.05) is 9.80 Å². The predicted molar refractivity (Wildman–Crippen MR) is 208 cm³/mol. The third kappa shape index (κ3) is 4.69. The number of halogens is 1. The molecule has 0 spiro atoms. The molecule has 0 atom stereocenters. The number of hydrogen-bond acceptors (Lipinski definition) is 2.